The SMILES string of the molecule is CCC(C(C)N)S(N)(=O)=O. The molecule has 0 heterocycles. The lowest BCUT2D eigenvalue weighted by Gasteiger charge is -2.15. The van der Waals surface area contributed by atoms with E-state index in [1.54, 1.807) is 13.8 Å². The average Bonchev–Trinajstić information content (AvgIpc) is 1.60. The molecule has 0 rings (SSSR count). The molecule has 0 aromatic rings. The lowest BCUT2D eigenvalue weighted by Crippen LogP contribution is -2.41. The molecule has 0 radical (unpaired) electrons. The first-order chi connectivity index (χ1) is 4.39. The van der Waals surface area contributed by atoms with Gasteiger partial charge in [0.05, 0.1) is 5.25 Å². The first-order valence-corrected chi connectivity index (χ1v) is 4.77. The molecule has 0 spiro atoms. The first-order valence-electron chi connectivity index (χ1n) is 3.16. The van der Waals surface area contributed by atoms with E-state index < -0.39 is 15.3 Å². The summed E-state index contributed by atoms with van der Waals surface area (Å²) in [6, 6.07) is -0.389. The van der Waals surface area contributed by atoms with Crippen LogP contribution in [0, 0.1) is 0 Å². The Morgan fingerprint density at radius 3 is 1.90 bits per heavy atom. The van der Waals surface area contributed by atoms with Gasteiger partial charge >= 0.3 is 0 Å². The molecule has 2 unspecified atom stereocenters. The third-order valence-corrected chi connectivity index (χ3v) is 3.02. The minimum absolute atomic E-state index is 0.389. The maximum absolute atomic E-state index is 10.7. The number of rotatable bonds is 3. The Morgan fingerprint density at radius 2 is 1.90 bits per heavy atom. The number of sulfonamides is 1. The fourth-order valence-electron chi connectivity index (χ4n) is 0.903. The van der Waals surface area contributed by atoms with Crippen molar-refractivity contribution >= 4 is 10.0 Å². The normalized spacial score (nSPS) is 18.4. The number of nitrogens with two attached hydrogens (primary N) is 2. The van der Waals surface area contributed by atoms with Crippen LogP contribution < -0.4 is 10.9 Å². The smallest absolute Gasteiger partial charge is 0.213 e. The molecule has 0 aliphatic carbocycles. The van der Waals surface area contributed by atoms with Gasteiger partial charge in [-0.3, -0.25) is 0 Å². The maximum atomic E-state index is 10.7. The molecule has 62 valence electrons. The van der Waals surface area contributed by atoms with Crippen molar-refractivity contribution in [3.8, 4) is 0 Å². The summed E-state index contributed by atoms with van der Waals surface area (Å²) < 4.78 is 21.4. The van der Waals surface area contributed by atoms with Crippen LogP contribution in [0.15, 0.2) is 0 Å². The number of primary sulfonamides is 1. The van der Waals surface area contributed by atoms with Gasteiger partial charge in [-0.25, -0.2) is 13.6 Å². The fourth-order valence-corrected chi connectivity index (χ4v) is 1.97. The van der Waals surface area contributed by atoms with Crippen LogP contribution >= 0.6 is 0 Å². The second-order valence-electron chi connectivity index (χ2n) is 2.39. The van der Waals surface area contributed by atoms with Crippen molar-refractivity contribution in [3.05, 3.63) is 0 Å². The summed E-state index contributed by atoms with van der Waals surface area (Å²) in [5, 5.41) is 4.28. The lowest BCUT2D eigenvalue weighted by molar-refractivity contribution is 0.554. The molecule has 10 heavy (non-hydrogen) atoms. The molecule has 2 atom stereocenters. The van der Waals surface area contributed by atoms with Crippen molar-refractivity contribution in [2.45, 2.75) is 31.6 Å². The summed E-state index contributed by atoms with van der Waals surface area (Å²) in [4.78, 5) is 0. The molecule has 0 aliphatic heterocycles. The van der Waals surface area contributed by atoms with Gasteiger partial charge < -0.3 is 5.73 Å². The molecule has 4 N–H and O–H groups in total. The highest BCUT2D eigenvalue weighted by molar-refractivity contribution is 7.89. The van der Waals surface area contributed by atoms with Crippen molar-refractivity contribution in [2.24, 2.45) is 10.9 Å². The van der Waals surface area contributed by atoms with Crippen LogP contribution in [0.3, 0.4) is 0 Å². The predicted octanol–water partition coefficient (Wildman–Crippen LogP) is -0.599. The van der Waals surface area contributed by atoms with Crippen molar-refractivity contribution in [3.63, 3.8) is 0 Å². The van der Waals surface area contributed by atoms with Crippen molar-refractivity contribution in [1.82, 2.24) is 0 Å². The highest BCUT2D eigenvalue weighted by Gasteiger charge is 2.22. The third-order valence-electron chi connectivity index (χ3n) is 1.41. The summed E-state index contributed by atoms with van der Waals surface area (Å²) in [6.07, 6.45) is 0.469. The van der Waals surface area contributed by atoms with E-state index in [9.17, 15) is 8.42 Å². The molecular weight excluding hydrogens is 152 g/mol. The van der Waals surface area contributed by atoms with Gasteiger partial charge in [-0.1, -0.05) is 6.92 Å². The van der Waals surface area contributed by atoms with Gasteiger partial charge in [0.1, 0.15) is 0 Å². The zero-order valence-electron chi connectivity index (χ0n) is 6.24. The van der Waals surface area contributed by atoms with Gasteiger partial charge in [0.2, 0.25) is 10.0 Å². The second-order valence-corrected chi connectivity index (χ2v) is 4.18. The van der Waals surface area contributed by atoms with E-state index in [1.165, 1.54) is 0 Å². The van der Waals surface area contributed by atoms with Gasteiger partial charge in [-0.15, -0.1) is 0 Å². The van der Waals surface area contributed by atoms with E-state index in [0.29, 0.717) is 6.42 Å². The average molecular weight is 166 g/mol. The topological polar surface area (TPSA) is 86.2 Å². The summed E-state index contributed by atoms with van der Waals surface area (Å²) >= 11 is 0. The van der Waals surface area contributed by atoms with Gasteiger partial charge in [-0.2, -0.15) is 0 Å². The Balaban J connectivity index is 4.38. The first kappa shape index (κ1) is 9.87. The van der Waals surface area contributed by atoms with Gasteiger partial charge in [-0.05, 0) is 13.3 Å². The molecule has 5 heteroatoms. The van der Waals surface area contributed by atoms with Crippen LogP contribution in [0.4, 0.5) is 0 Å². The minimum atomic E-state index is -3.44. The molecule has 0 amide bonds. The highest BCUT2D eigenvalue weighted by atomic mass is 32.2. The van der Waals surface area contributed by atoms with Crippen molar-refractivity contribution in [2.75, 3.05) is 0 Å². The molecular formula is C5H14N2O2S. The molecule has 0 fully saturated rings. The molecule has 0 aromatic carbocycles. The summed E-state index contributed by atoms with van der Waals surface area (Å²) in [5.41, 5.74) is 5.37. The Morgan fingerprint density at radius 1 is 1.50 bits per heavy atom. The highest BCUT2D eigenvalue weighted by Crippen LogP contribution is 2.04. The van der Waals surface area contributed by atoms with Crippen molar-refractivity contribution in [1.29, 1.82) is 0 Å². The van der Waals surface area contributed by atoms with Crippen LogP contribution in [0.5, 0.6) is 0 Å². The zero-order valence-corrected chi connectivity index (χ0v) is 7.06. The minimum Gasteiger partial charge on any atom is -0.327 e. The van der Waals surface area contributed by atoms with Crippen LogP contribution in [0.1, 0.15) is 20.3 Å². The lowest BCUT2D eigenvalue weighted by atomic mass is 10.2. The monoisotopic (exact) mass is 166 g/mol. The Labute approximate surface area is 61.6 Å². The van der Waals surface area contributed by atoms with E-state index in [-0.39, 0.29) is 6.04 Å². The van der Waals surface area contributed by atoms with Gasteiger partial charge in [0.25, 0.3) is 0 Å². The Kier molecular flexibility index (Phi) is 3.27. The quantitative estimate of drug-likeness (QED) is 0.587. The Hall–Kier alpha value is -0.130. The van der Waals surface area contributed by atoms with Crippen LogP contribution in [0.25, 0.3) is 0 Å². The molecule has 0 saturated carbocycles. The van der Waals surface area contributed by atoms with Gasteiger partial charge in [0, 0.05) is 6.04 Å². The Bertz CT molecular complexity index is 186. The van der Waals surface area contributed by atoms with Gasteiger partial charge in [0.15, 0.2) is 0 Å². The van der Waals surface area contributed by atoms with E-state index in [0.717, 1.165) is 0 Å². The van der Waals surface area contributed by atoms with E-state index in [1.807, 2.05) is 0 Å². The largest absolute Gasteiger partial charge is 0.327 e. The standard InChI is InChI=1S/C5H14N2O2S/c1-3-5(4(2)6)10(7,8)9/h4-5H,3,6H2,1-2H3,(H2,7,8,9). The van der Waals surface area contributed by atoms with Crippen molar-refractivity contribution < 1.29 is 8.42 Å². The molecule has 4 nitrogen and oxygen atoms in total. The molecule has 0 aromatic heterocycles. The molecule has 0 saturated heterocycles. The summed E-state index contributed by atoms with van der Waals surface area (Å²) in [6.45, 7) is 3.39. The van der Waals surface area contributed by atoms with Crippen LogP contribution in [-0.4, -0.2) is 19.7 Å². The second kappa shape index (κ2) is 3.32. The predicted molar refractivity (Wildman–Crippen MR) is 40.8 cm³/mol. The van der Waals surface area contributed by atoms with E-state index in [2.05, 4.69) is 0 Å². The number of hydrogen-bond donors (Lipinski definition) is 2. The maximum Gasteiger partial charge on any atom is 0.213 e. The third kappa shape index (κ3) is 2.64. The summed E-state index contributed by atoms with van der Waals surface area (Å²) in [7, 11) is -3.44. The number of hydrogen-bond acceptors (Lipinski definition) is 3. The summed E-state index contributed by atoms with van der Waals surface area (Å²) in [5.74, 6) is 0. The fraction of sp³-hybridized carbons (Fsp3) is 1.00. The van der Waals surface area contributed by atoms with Crippen LogP contribution in [0.2, 0.25) is 0 Å². The van der Waals surface area contributed by atoms with E-state index >= 15 is 0 Å². The molecule has 0 bridgehead atoms. The van der Waals surface area contributed by atoms with Crippen LogP contribution in [-0.2, 0) is 10.0 Å². The molecule has 0 aliphatic rings. The zero-order chi connectivity index (χ0) is 8.36. The van der Waals surface area contributed by atoms with E-state index in [4.69, 9.17) is 10.9 Å².